The van der Waals surface area contributed by atoms with Crippen molar-refractivity contribution in [3.05, 3.63) is 54.4 Å². The molecule has 1 atom stereocenters. The van der Waals surface area contributed by atoms with Crippen LogP contribution in [0.5, 0.6) is 0 Å². The normalized spacial score (nSPS) is 19.8. The monoisotopic (exact) mass is 512 g/mol. The summed E-state index contributed by atoms with van der Waals surface area (Å²) in [5.41, 5.74) is 5.01. The second-order valence-electron chi connectivity index (χ2n) is 10.6. The van der Waals surface area contributed by atoms with E-state index < -0.39 is 0 Å². The van der Waals surface area contributed by atoms with Crippen LogP contribution in [0, 0.1) is 0 Å². The van der Waals surface area contributed by atoms with E-state index in [1.54, 1.807) is 4.68 Å². The summed E-state index contributed by atoms with van der Waals surface area (Å²) in [7, 11) is 1.91. The molecule has 0 radical (unpaired) electrons. The first-order chi connectivity index (χ1) is 18.6. The fourth-order valence-corrected chi connectivity index (χ4v) is 5.65. The van der Waals surface area contributed by atoms with Crippen LogP contribution in [0.2, 0.25) is 0 Å². The number of ether oxygens (including phenoxy) is 2. The number of imidazole rings is 1. The van der Waals surface area contributed by atoms with Gasteiger partial charge in [0.2, 0.25) is 5.91 Å². The van der Waals surface area contributed by atoms with Gasteiger partial charge in [0.15, 0.2) is 6.29 Å². The molecule has 0 bridgehead atoms. The summed E-state index contributed by atoms with van der Waals surface area (Å²) in [6.45, 7) is 2.64. The van der Waals surface area contributed by atoms with Crippen LogP contribution in [0.1, 0.15) is 49.5 Å². The molecule has 4 aromatic rings. The number of hydrogen-bond donors (Lipinski definition) is 0. The van der Waals surface area contributed by atoms with Crippen molar-refractivity contribution in [2.24, 2.45) is 7.05 Å². The van der Waals surface area contributed by atoms with Gasteiger partial charge in [-0.25, -0.2) is 4.98 Å². The first kappa shape index (κ1) is 23.5. The van der Waals surface area contributed by atoms with Crippen molar-refractivity contribution in [1.82, 2.24) is 29.2 Å². The van der Waals surface area contributed by atoms with Crippen molar-refractivity contribution in [2.45, 2.75) is 57.4 Å². The number of pyridine rings is 1. The van der Waals surface area contributed by atoms with Gasteiger partial charge in [0.1, 0.15) is 12.4 Å². The van der Waals surface area contributed by atoms with Crippen molar-refractivity contribution in [3.63, 3.8) is 0 Å². The van der Waals surface area contributed by atoms with E-state index in [9.17, 15) is 4.79 Å². The van der Waals surface area contributed by atoms with Crippen LogP contribution in [-0.4, -0.2) is 61.2 Å². The van der Waals surface area contributed by atoms with Gasteiger partial charge in [-0.3, -0.25) is 14.5 Å². The summed E-state index contributed by atoms with van der Waals surface area (Å²) < 4.78 is 15.6. The number of benzene rings is 1. The lowest BCUT2D eigenvalue weighted by atomic mass is 10.0. The Bertz CT molecular complexity index is 1500. The molecule has 1 unspecified atom stereocenters. The third-order valence-corrected chi connectivity index (χ3v) is 7.85. The lowest BCUT2D eigenvalue weighted by Gasteiger charge is -2.30. The van der Waals surface area contributed by atoms with E-state index in [0.29, 0.717) is 32.2 Å². The Morgan fingerprint density at radius 1 is 1.13 bits per heavy atom. The second kappa shape index (κ2) is 9.63. The summed E-state index contributed by atoms with van der Waals surface area (Å²) in [6.07, 6.45) is 11.0. The average molecular weight is 513 g/mol. The van der Waals surface area contributed by atoms with Gasteiger partial charge in [0.25, 0.3) is 0 Å². The largest absolute Gasteiger partial charge is 0.353 e. The van der Waals surface area contributed by atoms with E-state index in [1.807, 2.05) is 30.5 Å². The van der Waals surface area contributed by atoms with E-state index in [4.69, 9.17) is 19.4 Å². The highest BCUT2D eigenvalue weighted by Crippen LogP contribution is 2.43. The molecule has 9 nitrogen and oxygen atoms in total. The quantitative estimate of drug-likeness (QED) is 0.368. The van der Waals surface area contributed by atoms with Crippen LogP contribution >= 0.6 is 0 Å². The van der Waals surface area contributed by atoms with Crippen molar-refractivity contribution in [1.29, 1.82) is 0 Å². The molecule has 0 spiro atoms. The molecule has 1 aromatic carbocycles. The first-order valence-electron chi connectivity index (χ1n) is 13.6. The minimum absolute atomic E-state index is 0.122. The third-order valence-electron chi connectivity index (χ3n) is 7.85. The number of hydrogen-bond acceptors (Lipinski definition) is 6. The van der Waals surface area contributed by atoms with E-state index in [-0.39, 0.29) is 12.2 Å². The van der Waals surface area contributed by atoms with E-state index >= 15 is 0 Å². The molecule has 9 heteroatoms. The topological polar surface area (TPSA) is 87.3 Å². The maximum absolute atomic E-state index is 13.1. The van der Waals surface area contributed by atoms with E-state index in [1.165, 1.54) is 0 Å². The molecule has 2 fully saturated rings. The minimum Gasteiger partial charge on any atom is -0.353 e. The summed E-state index contributed by atoms with van der Waals surface area (Å²) in [5.74, 6) is 1.61. The molecule has 7 rings (SSSR count). The number of amides is 1. The fraction of sp³-hybridized carbons (Fsp3) is 0.448. The molecule has 5 heterocycles. The highest BCUT2D eigenvalue weighted by molar-refractivity contribution is 5.97. The molecule has 1 amide bonds. The maximum Gasteiger partial charge on any atom is 0.242 e. The molecule has 1 saturated carbocycles. The first-order valence-corrected chi connectivity index (χ1v) is 13.6. The Morgan fingerprint density at radius 3 is 2.84 bits per heavy atom. The lowest BCUT2D eigenvalue weighted by Crippen LogP contribution is -2.41. The van der Waals surface area contributed by atoms with Crippen molar-refractivity contribution in [3.8, 4) is 22.5 Å². The van der Waals surface area contributed by atoms with Gasteiger partial charge in [0, 0.05) is 55.0 Å². The highest BCUT2D eigenvalue weighted by Gasteiger charge is 2.36. The summed E-state index contributed by atoms with van der Waals surface area (Å²) in [4.78, 5) is 25.0. The number of carbonyl (C=O) groups excluding carboxylic acids is 1. The zero-order chi connectivity index (χ0) is 25.6. The summed E-state index contributed by atoms with van der Waals surface area (Å²) in [5, 5.41) is 6.46. The molecule has 3 aliphatic rings. The number of fused-ring (bicyclic) bond motifs is 2. The number of carbonyl (C=O) groups is 1. The van der Waals surface area contributed by atoms with Crippen molar-refractivity contribution in [2.75, 3.05) is 19.8 Å². The minimum atomic E-state index is -0.147. The van der Waals surface area contributed by atoms with Crippen LogP contribution in [0.25, 0.3) is 33.3 Å². The number of aromatic nitrogens is 5. The number of aryl methyl sites for hydroxylation is 1. The van der Waals surface area contributed by atoms with Crippen LogP contribution in [-0.2, 0) is 34.4 Å². The van der Waals surface area contributed by atoms with Crippen LogP contribution in [0.15, 0.2) is 42.9 Å². The van der Waals surface area contributed by atoms with Gasteiger partial charge >= 0.3 is 0 Å². The summed E-state index contributed by atoms with van der Waals surface area (Å²) >= 11 is 0. The Hall–Kier alpha value is -3.56. The van der Waals surface area contributed by atoms with Crippen molar-refractivity contribution < 1.29 is 14.3 Å². The standard InChI is InChI=1S/C29H32N6O3/c1-33-16-21(14-31-33)24-13-20-5-4-6-22(23(20)15-30-24)28-25-17-34(10-12-38-27-7-2-3-11-37-27)26(36)18-35(25)29(32-28)19-8-9-19/h4-6,13-16,19,27H,2-3,7-12,17-18H2,1H3. The molecule has 38 heavy (non-hydrogen) atoms. The Morgan fingerprint density at radius 2 is 2.05 bits per heavy atom. The van der Waals surface area contributed by atoms with Crippen LogP contribution in [0.3, 0.4) is 0 Å². The van der Waals surface area contributed by atoms with Crippen molar-refractivity contribution >= 4 is 16.7 Å². The second-order valence-corrected chi connectivity index (χ2v) is 10.6. The number of nitrogens with zero attached hydrogens (tertiary/aromatic N) is 6. The van der Waals surface area contributed by atoms with E-state index in [0.717, 1.165) is 83.5 Å². The van der Waals surface area contributed by atoms with Gasteiger partial charge in [-0.05, 0) is 43.6 Å². The molecule has 3 aromatic heterocycles. The zero-order valence-corrected chi connectivity index (χ0v) is 21.7. The Balaban J connectivity index is 1.20. The Labute approximate surface area is 221 Å². The fourth-order valence-electron chi connectivity index (χ4n) is 5.65. The van der Waals surface area contributed by atoms with Gasteiger partial charge in [-0.15, -0.1) is 0 Å². The third kappa shape index (κ3) is 4.39. The predicted octanol–water partition coefficient (Wildman–Crippen LogP) is 4.26. The molecule has 1 saturated heterocycles. The smallest absolute Gasteiger partial charge is 0.242 e. The number of rotatable bonds is 7. The molecule has 196 valence electrons. The van der Waals surface area contributed by atoms with Crippen LogP contribution < -0.4 is 0 Å². The lowest BCUT2D eigenvalue weighted by molar-refractivity contribution is -0.167. The SMILES string of the molecule is Cn1cc(-c2cc3cccc(-c4nc(C5CC5)n5c4CN(CCOC4CCCCO4)C(=O)C5)c3cn2)cn1. The van der Waals surface area contributed by atoms with Gasteiger partial charge in [-0.1, -0.05) is 18.2 Å². The Kier molecular flexibility index (Phi) is 5.97. The highest BCUT2D eigenvalue weighted by atomic mass is 16.7. The molecular weight excluding hydrogens is 480 g/mol. The predicted molar refractivity (Wildman–Crippen MR) is 142 cm³/mol. The molecule has 0 N–H and O–H groups in total. The van der Waals surface area contributed by atoms with Gasteiger partial charge < -0.3 is 18.9 Å². The van der Waals surface area contributed by atoms with Crippen LogP contribution in [0.4, 0.5) is 0 Å². The molecule has 2 aliphatic heterocycles. The average Bonchev–Trinajstić information content (AvgIpc) is 3.59. The zero-order valence-electron chi connectivity index (χ0n) is 21.7. The van der Waals surface area contributed by atoms with Gasteiger partial charge in [-0.2, -0.15) is 5.10 Å². The maximum atomic E-state index is 13.1. The van der Waals surface area contributed by atoms with Gasteiger partial charge in [0.05, 0.1) is 36.4 Å². The molecular formula is C29H32N6O3. The summed E-state index contributed by atoms with van der Waals surface area (Å²) in [6, 6.07) is 8.43. The van der Waals surface area contributed by atoms with E-state index in [2.05, 4.69) is 33.9 Å². The molecule has 1 aliphatic carbocycles.